The minimum Gasteiger partial charge on any atom is -0.359 e. The fourth-order valence-electron chi connectivity index (χ4n) is 3.00. The average molecular weight is 407 g/mol. The van der Waals surface area contributed by atoms with Crippen molar-refractivity contribution in [3.63, 3.8) is 0 Å². The van der Waals surface area contributed by atoms with Gasteiger partial charge in [0.1, 0.15) is 17.5 Å². The highest BCUT2D eigenvalue weighted by atomic mass is 19.1. The van der Waals surface area contributed by atoms with Gasteiger partial charge in [-0.25, -0.2) is 14.4 Å². The molecule has 0 aromatic carbocycles. The van der Waals surface area contributed by atoms with E-state index >= 15 is 0 Å². The molecule has 0 saturated heterocycles. The van der Waals surface area contributed by atoms with E-state index in [1.54, 1.807) is 31.6 Å². The molecule has 4 aromatic rings. The molecule has 4 heterocycles. The summed E-state index contributed by atoms with van der Waals surface area (Å²) in [5.74, 6) is -0.0172. The highest BCUT2D eigenvalue weighted by Gasteiger charge is 2.16. The van der Waals surface area contributed by atoms with Crippen LogP contribution in [0.4, 0.5) is 27.4 Å². The van der Waals surface area contributed by atoms with Gasteiger partial charge in [0, 0.05) is 38.8 Å². The van der Waals surface area contributed by atoms with Crippen molar-refractivity contribution in [2.45, 2.75) is 0 Å². The maximum Gasteiger partial charge on any atom is 0.261 e. The lowest BCUT2D eigenvalue weighted by Crippen LogP contribution is -2.20. The zero-order valence-corrected chi connectivity index (χ0v) is 16.2. The minimum absolute atomic E-state index is 0.180. The van der Waals surface area contributed by atoms with E-state index in [4.69, 9.17) is 0 Å². The molecule has 9 nitrogen and oxygen atoms in total. The number of carbonyl (C=O) groups excluding carboxylic acids is 1. The van der Waals surface area contributed by atoms with Crippen LogP contribution < -0.4 is 21.5 Å². The highest BCUT2D eigenvalue weighted by molar-refractivity contribution is 6.02. The van der Waals surface area contributed by atoms with Crippen molar-refractivity contribution in [2.24, 2.45) is 7.05 Å². The number of H-pyrrole nitrogens is 1. The largest absolute Gasteiger partial charge is 0.359 e. The zero-order valence-electron chi connectivity index (χ0n) is 16.2. The van der Waals surface area contributed by atoms with Gasteiger partial charge >= 0.3 is 0 Å². The molecule has 4 N–H and O–H groups in total. The lowest BCUT2D eigenvalue weighted by atomic mass is 10.2. The number of aromatic amines is 1. The summed E-state index contributed by atoms with van der Waals surface area (Å²) in [4.78, 5) is 36.1. The molecule has 0 aliphatic heterocycles. The molecule has 0 aliphatic carbocycles. The zero-order chi connectivity index (χ0) is 21.3. The van der Waals surface area contributed by atoms with E-state index < -0.39 is 5.82 Å². The maximum atomic E-state index is 13.1. The van der Waals surface area contributed by atoms with Crippen molar-refractivity contribution in [3.05, 3.63) is 70.8 Å². The number of halogens is 1. The normalized spacial score (nSPS) is 10.8. The van der Waals surface area contributed by atoms with E-state index in [0.29, 0.717) is 33.9 Å². The fraction of sp³-hybridized carbons (Fsp3) is 0.100. The van der Waals surface area contributed by atoms with E-state index in [-0.39, 0.29) is 17.0 Å². The number of aryl methyl sites for hydroxylation is 1. The standard InChI is InChI=1S/C20H18FN7O2/c1-22-19(29)12-9-25-17(27-16-4-3-11(21)8-24-16)7-14(12)26-15-10-23-13-5-6-28(2)20(30)18(13)15/h3-10,23H,1-2H3,(H,22,29)(H2,24,25,26,27). The lowest BCUT2D eigenvalue weighted by molar-refractivity contribution is 0.0963. The van der Waals surface area contributed by atoms with Crippen LogP contribution in [0.2, 0.25) is 0 Å². The highest BCUT2D eigenvalue weighted by Crippen LogP contribution is 2.28. The van der Waals surface area contributed by atoms with Crippen molar-refractivity contribution in [1.29, 1.82) is 0 Å². The first-order chi connectivity index (χ1) is 14.5. The van der Waals surface area contributed by atoms with Crippen LogP contribution in [-0.2, 0) is 7.05 Å². The molecule has 0 fully saturated rings. The van der Waals surface area contributed by atoms with Crippen molar-refractivity contribution in [3.8, 4) is 0 Å². The number of fused-ring (bicyclic) bond motifs is 1. The summed E-state index contributed by atoms with van der Waals surface area (Å²) in [5, 5.41) is 9.14. The second-order valence-electron chi connectivity index (χ2n) is 6.53. The summed E-state index contributed by atoms with van der Waals surface area (Å²) < 4.78 is 14.6. The summed E-state index contributed by atoms with van der Waals surface area (Å²) in [6.45, 7) is 0. The van der Waals surface area contributed by atoms with Gasteiger partial charge in [-0.1, -0.05) is 0 Å². The molecule has 0 aliphatic rings. The summed E-state index contributed by atoms with van der Waals surface area (Å²) in [6, 6.07) is 6.15. The topological polar surface area (TPSA) is 117 Å². The Hall–Kier alpha value is -4.21. The third-order valence-electron chi connectivity index (χ3n) is 4.54. The number of aromatic nitrogens is 4. The predicted octanol–water partition coefficient (Wildman–Crippen LogP) is 2.64. The minimum atomic E-state index is -0.452. The van der Waals surface area contributed by atoms with Gasteiger partial charge in [-0.15, -0.1) is 0 Å². The number of hydrogen-bond acceptors (Lipinski definition) is 6. The van der Waals surface area contributed by atoms with Crippen LogP contribution in [0.5, 0.6) is 0 Å². The van der Waals surface area contributed by atoms with Gasteiger partial charge in [0.2, 0.25) is 0 Å². The van der Waals surface area contributed by atoms with Crippen molar-refractivity contribution >= 4 is 39.8 Å². The van der Waals surface area contributed by atoms with Gasteiger partial charge in [0.25, 0.3) is 11.5 Å². The van der Waals surface area contributed by atoms with Crippen LogP contribution in [0.1, 0.15) is 10.4 Å². The van der Waals surface area contributed by atoms with Gasteiger partial charge in [0.05, 0.1) is 34.0 Å². The third kappa shape index (κ3) is 3.58. The second-order valence-corrected chi connectivity index (χ2v) is 6.53. The average Bonchev–Trinajstić information content (AvgIpc) is 3.15. The van der Waals surface area contributed by atoms with E-state index in [9.17, 15) is 14.0 Å². The molecule has 0 unspecified atom stereocenters. The summed E-state index contributed by atoms with van der Waals surface area (Å²) in [6.07, 6.45) is 5.82. The SMILES string of the molecule is CNC(=O)c1cnc(Nc2ccc(F)cn2)cc1Nc1c[nH]c2ccn(C)c(=O)c12. The van der Waals surface area contributed by atoms with Crippen LogP contribution in [-0.4, -0.2) is 32.5 Å². The summed E-state index contributed by atoms with van der Waals surface area (Å²) in [7, 11) is 3.18. The summed E-state index contributed by atoms with van der Waals surface area (Å²) in [5.41, 5.74) is 1.73. The maximum absolute atomic E-state index is 13.1. The van der Waals surface area contributed by atoms with Crippen LogP contribution in [0.3, 0.4) is 0 Å². The molecule has 4 aromatic heterocycles. The number of rotatable bonds is 5. The van der Waals surface area contributed by atoms with E-state index in [1.165, 1.54) is 29.9 Å². The van der Waals surface area contributed by atoms with Gasteiger partial charge in [0.15, 0.2) is 0 Å². The molecule has 10 heteroatoms. The van der Waals surface area contributed by atoms with E-state index in [2.05, 4.69) is 30.9 Å². The fourth-order valence-corrected chi connectivity index (χ4v) is 3.00. The Morgan fingerprint density at radius 2 is 1.90 bits per heavy atom. The molecule has 152 valence electrons. The van der Waals surface area contributed by atoms with Crippen LogP contribution in [0.25, 0.3) is 10.9 Å². The Balaban J connectivity index is 1.75. The van der Waals surface area contributed by atoms with Crippen molar-refractivity contribution < 1.29 is 9.18 Å². The molecule has 0 bridgehead atoms. The van der Waals surface area contributed by atoms with E-state index in [0.717, 1.165) is 6.20 Å². The molecule has 30 heavy (non-hydrogen) atoms. The Morgan fingerprint density at radius 3 is 2.63 bits per heavy atom. The monoisotopic (exact) mass is 407 g/mol. The quantitative estimate of drug-likeness (QED) is 0.404. The number of pyridine rings is 3. The molecule has 4 rings (SSSR count). The molecular weight excluding hydrogens is 389 g/mol. The van der Waals surface area contributed by atoms with Gasteiger partial charge in [-0.05, 0) is 18.2 Å². The summed E-state index contributed by atoms with van der Waals surface area (Å²) >= 11 is 0. The molecule has 0 radical (unpaired) electrons. The number of amides is 1. The Bertz CT molecular complexity index is 1300. The van der Waals surface area contributed by atoms with Crippen LogP contribution >= 0.6 is 0 Å². The van der Waals surface area contributed by atoms with Crippen LogP contribution in [0, 0.1) is 5.82 Å². The Morgan fingerprint density at radius 1 is 1.10 bits per heavy atom. The smallest absolute Gasteiger partial charge is 0.261 e. The first-order valence-electron chi connectivity index (χ1n) is 9.00. The lowest BCUT2D eigenvalue weighted by Gasteiger charge is -2.13. The molecule has 0 atom stereocenters. The van der Waals surface area contributed by atoms with Gasteiger partial charge in [-0.3, -0.25) is 9.59 Å². The number of hydrogen-bond donors (Lipinski definition) is 4. The van der Waals surface area contributed by atoms with Crippen molar-refractivity contribution in [2.75, 3.05) is 17.7 Å². The van der Waals surface area contributed by atoms with Crippen molar-refractivity contribution in [1.82, 2.24) is 24.8 Å². The Labute approximate surface area is 170 Å². The number of carbonyl (C=O) groups is 1. The first kappa shape index (κ1) is 19.1. The van der Waals surface area contributed by atoms with E-state index in [1.807, 2.05) is 0 Å². The third-order valence-corrected chi connectivity index (χ3v) is 4.54. The van der Waals surface area contributed by atoms with Gasteiger partial charge in [-0.2, -0.15) is 0 Å². The number of nitrogens with zero attached hydrogens (tertiary/aromatic N) is 3. The van der Waals surface area contributed by atoms with Crippen LogP contribution in [0.15, 0.2) is 53.8 Å². The Kier molecular flexibility index (Phi) is 4.88. The number of nitrogens with one attached hydrogen (secondary N) is 4. The number of anilines is 4. The predicted molar refractivity (Wildman–Crippen MR) is 112 cm³/mol. The molecule has 1 amide bonds. The second kappa shape index (κ2) is 7.66. The first-order valence-corrected chi connectivity index (χ1v) is 9.00. The molecular formula is C20H18FN7O2. The van der Waals surface area contributed by atoms with Gasteiger partial charge < -0.3 is 25.5 Å². The molecule has 0 spiro atoms. The molecule has 0 saturated carbocycles.